The van der Waals surface area contributed by atoms with Crippen molar-refractivity contribution in [3.8, 4) is 0 Å². The molecule has 0 saturated heterocycles. The minimum absolute atomic E-state index is 0.0716. The molecule has 0 bridgehead atoms. The molecule has 1 aromatic heterocycles. The van der Waals surface area contributed by atoms with E-state index in [4.69, 9.17) is 0 Å². The number of hydrogen-bond donors (Lipinski definition) is 1. The van der Waals surface area contributed by atoms with Crippen LogP contribution < -0.4 is 0 Å². The van der Waals surface area contributed by atoms with Crippen LogP contribution in [0.15, 0.2) is 54.6 Å². The van der Waals surface area contributed by atoms with E-state index in [1.54, 1.807) is 4.90 Å². The maximum absolute atomic E-state index is 13.0. The molecule has 1 N–H and O–H groups in total. The van der Waals surface area contributed by atoms with Gasteiger partial charge in [-0.3, -0.25) is 9.78 Å². The van der Waals surface area contributed by atoms with E-state index in [2.05, 4.69) is 4.98 Å². The summed E-state index contributed by atoms with van der Waals surface area (Å²) in [4.78, 5) is 19.3. The maximum atomic E-state index is 13.0. The quantitative estimate of drug-likeness (QED) is 0.777. The molecule has 3 aromatic rings. The summed E-state index contributed by atoms with van der Waals surface area (Å²) < 4.78 is 0. The first-order valence-electron chi connectivity index (χ1n) is 8.40. The fourth-order valence-electron chi connectivity index (χ4n) is 2.94. The van der Waals surface area contributed by atoms with E-state index in [0.29, 0.717) is 24.3 Å². The molecular weight excluding hydrogens is 312 g/mol. The number of aliphatic hydroxyl groups excluding tert-OH is 1. The molecule has 0 radical (unpaired) electrons. The highest BCUT2D eigenvalue weighted by Crippen LogP contribution is 2.20. The smallest absolute Gasteiger partial charge is 0.256 e. The highest BCUT2D eigenvalue weighted by Gasteiger charge is 2.19. The van der Waals surface area contributed by atoms with Gasteiger partial charge in [0.05, 0.1) is 23.4 Å². The Balaban J connectivity index is 1.94. The standard InChI is InChI=1S/C21H22N2O2/c1-15-8-9-18-13-19(16(2)22-20(18)12-15)21(25)23(10-11-24)14-17-6-4-3-5-7-17/h3-9,12-13,24H,10-11,14H2,1-2H3. The Morgan fingerprint density at radius 1 is 1.08 bits per heavy atom. The van der Waals surface area contributed by atoms with Crippen molar-refractivity contribution in [3.05, 3.63) is 77.0 Å². The van der Waals surface area contributed by atoms with Crippen molar-refractivity contribution in [2.24, 2.45) is 0 Å². The number of amides is 1. The number of hydrogen-bond acceptors (Lipinski definition) is 3. The number of aliphatic hydroxyl groups is 1. The lowest BCUT2D eigenvalue weighted by Gasteiger charge is -2.23. The summed E-state index contributed by atoms with van der Waals surface area (Å²) in [5.74, 6) is -0.106. The van der Waals surface area contributed by atoms with E-state index >= 15 is 0 Å². The normalized spacial score (nSPS) is 10.8. The van der Waals surface area contributed by atoms with Crippen LogP contribution >= 0.6 is 0 Å². The minimum Gasteiger partial charge on any atom is -0.395 e. The average Bonchev–Trinajstić information content (AvgIpc) is 2.61. The van der Waals surface area contributed by atoms with Crippen molar-refractivity contribution < 1.29 is 9.90 Å². The van der Waals surface area contributed by atoms with E-state index in [0.717, 1.165) is 22.0 Å². The number of rotatable bonds is 5. The van der Waals surface area contributed by atoms with E-state index < -0.39 is 0 Å². The fraction of sp³-hybridized carbons (Fsp3) is 0.238. The van der Waals surface area contributed by atoms with Gasteiger partial charge in [-0.1, -0.05) is 42.5 Å². The third-order valence-electron chi connectivity index (χ3n) is 4.27. The van der Waals surface area contributed by atoms with Gasteiger partial charge in [-0.25, -0.2) is 0 Å². The maximum Gasteiger partial charge on any atom is 0.256 e. The molecule has 0 fully saturated rings. The Bertz CT molecular complexity index is 891. The Morgan fingerprint density at radius 3 is 2.56 bits per heavy atom. The molecule has 0 unspecified atom stereocenters. The Labute approximate surface area is 147 Å². The second-order valence-corrected chi connectivity index (χ2v) is 6.25. The van der Waals surface area contributed by atoms with Gasteiger partial charge in [0.15, 0.2) is 0 Å². The van der Waals surface area contributed by atoms with Gasteiger partial charge in [0.1, 0.15) is 0 Å². The van der Waals surface area contributed by atoms with Crippen molar-refractivity contribution in [1.82, 2.24) is 9.88 Å². The van der Waals surface area contributed by atoms with Gasteiger partial charge in [0.25, 0.3) is 5.91 Å². The lowest BCUT2D eigenvalue weighted by molar-refractivity contribution is 0.0707. The van der Waals surface area contributed by atoms with Crippen LogP contribution in [0.1, 0.15) is 27.2 Å². The van der Waals surface area contributed by atoms with Crippen molar-refractivity contribution >= 4 is 16.8 Å². The number of carbonyl (C=O) groups excluding carboxylic acids is 1. The molecular formula is C21H22N2O2. The number of aromatic nitrogens is 1. The van der Waals surface area contributed by atoms with Gasteiger partial charge in [-0.05, 0) is 37.1 Å². The summed E-state index contributed by atoms with van der Waals surface area (Å²) in [6.45, 7) is 4.57. The first kappa shape index (κ1) is 17.1. The van der Waals surface area contributed by atoms with Crippen LogP contribution in [-0.2, 0) is 6.54 Å². The number of benzene rings is 2. The summed E-state index contributed by atoms with van der Waals surface area (Å²) in [6.07, 6.45) is 0. The molecule has 0 aliphatic rings. The van der Waals surface area contributed by atoms with E-state index in [1.807, 2.05) is 68.4 Å². The predicted octanol–water partition coefficient (Wildman–Crippen LogP) is 3.49. The van der Waals surface area contributed by atoms with Crippen LogP contribution in [0, 0.1) is 13.8 Å². The lowest BCUT2D eigenvalue weighted by atomic mass is 10.1. The molecule has 0 saturated carbocycles. The van der Waals surface area contributed by atoms with E-state index in [1.165, 1.54) is 0 Å². The number of pyridine rings is 1. The van der Waals surface area contributed by atoms with Gasteiger partial charge >= 0.3 is 0 Å². The molecule has 25 heavy (non-hydrogen) atoms. The Kier molecular flexibility index (Phi) is 5.10. The van der Waals surface area contributed by atoms with Gasteiger partial charge < -0.3 is 10.0 Å². The molecule has 0 spiro atoms. The molecule has 0 aliphatic heterocycles. The zero-order chi connectivity index (χ0) is 17.8. The van der Waals surface area contributed by atoms with Crippen LogP contribution in [-0.4, -0.2) is 34.0 Å². The van der Waals surface area contributed by atoms with Crippen LogP contribution in [0.4, 0.5) is 0 Å². The first-order valence-corrected chi connectivity index (χ1v) is 8.40. The summed E-state index contributed by atoms with van der Waals surface area (Å²) in [5.41, 5.74) is 4.36. The zero-order valence-corrected chi connectivity index (χ0v) is 14.6. The molecule has 2 aromatic carbocycles. The van der Waals surface area contributed by atoms with Gasteiger partial charge in [0.2, 0.25) is 0 Å². The monoisotopic (exact) mass is 334 g/mol. The second kappa shape index (κ2) is 7.45. The average molecular weight is 334 g/mol. The Hall–Kier alpha value is -2.72. The first-order chi connectivity index (χ1) is 12.1. The zero-order valence-electron chi connectivity index (χ0n) is 14.6. The van der Waals surface area contributed by atoms with Gasteiger partial charge in [-0.15, -0.1) is 0 Å². The summed E-state index contributed by atoms with van der Waals surface area (Å²) in [7, 11) is 0. The van der Waals surface area contributed by atoms with Crippen LogP contribution in [0.2, 0.25) is 0 Å². The Morgan fingerprint density at radius 2 is 1.84 bits per heavy atom. The number of aryl methyl sites for hydroxylation is 2. The number of carbonyl (C=O) groups is 1. The fourth-order valence-corrected chi connectivity index (χ4v) is 2.94. The van der Waals surface area contributed by atoms with Crippen molar-refractivity contribution in [3.63, 3.8) is 0 Å². The molecule has 0 atom stereocenters. The van der Waals surface area contributed by atoms with E-state index in [-0.39, 0.29) is 12.5 Å². The third kappa shape index (κ3) is 3.86. The molecule has 3 rings (SSSR count). The number of nitrogens with zero attached hydrogens (tertiary/aromatic N) is 2. The van der Waals surface area contributed by atoms with E-state index in [9.17, 15) is 9.90 Å². The highest BCUT2D eigenvalue weighted by atomic mass is 16.3. The summed E-state index contributed by atoms with van der Waals surface area (Å²) >= 11 is 0. The summed E-state index contributed by atoms with van der Waals surface area (Å²) in [6, 6.07) is 17.7. The van der Waals surface area contributed by atoms with Crippen LogP contribution in [0.3, 0.4) is 0 Å². The van der Waals surface area contributed by atoms with Gasteiger partial charge in [0, 0.05) is 18.5 Å². The van der Waals surface area contributed by atoms with Crippen LogP contribution in [0.25, 0.3) is 10.9 Å². The van der Waals surface area contributed by atoms with Crippen LogP contribution in [0.5, 0.6) is 0 Å². The predicted molar refractivity (Wildman–Crippen MR) is 99.5 cm³/mol. The van der Waals surface area contributed by atoms with Gasteiger partial charge in [-0.2, -0.15) is 0 Å². The molecule has 0 aliphatic carbocycles. The molecule has 4 heteroatoms. The highest BCUT2D eigenvalue weighted by molar-refractivity contribution is 5.98. The molecule has 128 valence electrons. The van der Waals surface area contributed by atoms with Crippen molar-refractivity contribution in [2.75, 3.05) is 13.2 Å². The lowest BCUT2D eigenvalue weighted by Crippen LogP contribution is -2.33. The second-order valence-electron chi connectivity index (χ2n) is 6.25. The molecule has 1 heterocycles. The number of fused-ring (bicyclic) bond motifs is 1. The summed E-state index contributed by atoms with van der Waals surface area (Å²) in [5, 5.41) is 10.3. The largest absolute Gasteiger partial charge is 0.395 e. The minimum atomic E-state index is -0.106. The van der Waals surface area contributed by atoms with Crippen molar-refractivity contribution in [1.29, 1.82) is 0 Å². The third-order valence-corrected chi connectivity index (χ3v) is 4.27. The molecule has 4 nitrogen and oxygen atoms in total. The van der Waals surface area contributed by atoms with Crippen molar-refractivity contribution in [2.45, 2.75) is 20.4 Å². The SMILES string of the molecule is Cc1ccc2cc(C(=O)N(CCO)Cc3ccccc3)c(C)nc2c1. The topological polar surface area (TPSA) is 53.4 Å². The molecule has 1 amide bonds.